The van der Waals surface area contributed by atoms with E-state index in [1.165, 1.54) is 0 Å². The van der Waals surface area contributed by atoms with Crippen LogP contribution in [0.3, 0.4) is 0 Å². The number of carbonyl (C=O) groups excluding carboxylic acids is 1. The number of piperidine rings is 1. The molecule has 1 aliphatic rings. The minimum Gasteiger partial charge on any atom is -0.330 e. The average Bonchev–Trinajstić information content (AvgIpc) is 3.10. The van der Waals surface area contributed by atoms with Crippen molar-refractivity contribution < 1.29 is 4.79 Å². The molecule has 1 amide bonds. The lowest BCUT2D eigenvalue weighted by Crippen LogP contribution is -2.37. The minimum absolute atomic E-state index is 0.0440. The van der Waals surface area contributed by atoms with Crippen molar-refractivity contribution in [2.45, 2.75) is 45.3 Å². The van der Waals surface area contributed by atoms with Crippen molar-refractivity contribution in [2.24, 2.45) is 0 Å². The largest absolute Gasteiger partial charge is 0.330 e. The molecule has 25 heavy (non-hydrogen) atoms. The van der Waals surface area contributed by atoms with E-state index in [-0.39, 0.29) is 11.9 Å². The Morgan fingerprint density at radius 3 is 2.96 bits per heavy atom. The summed E-state index contributed by atoms with van der Waals surface area (Å²) in [7, 11) is 0. The first-order valence-corrected chi connectivity index (χ1v) is 9.23. The fourth-order valence-electron chi connectivity index (χ4n) is 3.18. The smallest absolute Gasteiger partial charge is 0.274 e. The SMILES string of the molecule is CC(C)N(Cc1cccc(Cl)c1)C(=O)c1ccn(C2CCCNC2)n1. The van der Waals surface area contributed by atoms with Gasteiger partial charge in [-0.1, -0.05) is 23.7 Å². The zero-order chi connectivity index (χ0) is 17.8. The van der Waals surface area contributed by atoms with Crippen LogP contribution < -0.4 is 5.32 Å². The van der Waals surface area contributed by atoms with Crippen molar-refractivity contribution in [1.29, 1.82) is 0 Å². The molecule has 1 aliphatic heterocycles. The number of rotatable bonds is 5. The van der Waals surface area contributed by atoms with Crippen LogP contribution in [0.4, 0.5) is 0 Å². The second-order valence-electron chi connectivity index (χ2n) is 6.84. The maximum absolute atomic E-state index is 13.0. The van der Waals surface area contributed by atoms with E-state index < -0.39 is 0 Å². The maximum atomic E-state index is 13.0. The van der Waals surface area contributed by atoms with Gasteiger partial charge in [-0.2, -0.15) is 5.10 Å². The number of aromatic nitrogens is 2. The van der Waals surface area contributed by atoms with Gasteiger partial charge in [0, 0.05) is 30.4 Å². The molecule has 1 N–H and O–H groups in total. The highest BCUT2D eigenvalue weighted by atomic mass is 35.5. The predicted molar refractivity (Wildman–Crippen MR) is 99.8 cm³/mol. The van der Waals surface area contributed by atoms with Crippen LogP contribution in [0.2, 0.25) is 5.02 Å². The summed E-state index contributed by atoms with van der Waals surface area (Å²) >= 11 is 6.07. The summed E-state index contributed by atoms with van der Waals surface area (Å²) in [6.45, 7) is 6.53. The summed E-state index contributed by atoms with van der Waals surface area (Å²) in [5.41, 5.74) is 1.52. The van der Waals surface area contributed by atoms with Crippen LogP contribution >= 0.6 is 11.6 Å². The lowest BCUT2D eigenvalue weighted by molar-refractivity contribution is 0.0682. The maximum Gasteiger partial charge on any atom is 0.274 e. The highest BCUT2D eigenvalue weighted by Crippen LogP contribution is 2.19. The summed E-state index contributed by atoms with van der Waals surface area (Å²) in [4.78, 5) is 14.8. The van der Waals surface area contributed by atoms with Crippen LogP contribution in [0.15, 0.2) is 36.5 Å². The van der Waals surface area contributed by atoms with E-state index in [9.17, 15) is 4.79 Å². The zero-order valence-corrected chi connectivity index (χ0v) is 15.5. The first-order chi connectivity index (χ1) is 12.0. The van der Waals surface area contributed by atoms with Gasteiger partial charge in [0.2, 0.25) is 0 Å². The van der Waals surface area contributed by atoms with Crippen LogP contribution in [0.5, 0.6) is 0 Å². The number of amides is 1. The number of halogens is 1. The lowest BCUT2D eigenvalue weighted by Gasteiger charge is -2.26. The van der Waals surface area contributed by atoms with Gasteiger partial charge < -0.3 is 10.2 Å². The van der Waals surface area contributed by atoms with Crippen LogP contribution in [0.25, 0.3) is 0 Å². The van der Waals surface area contributed by atoms with Gasteiger partial charge in [0.05, 0.1) is 6.04 Å². The molecule has 1 atom stereocenters. The Kier molecular flexibility index (Phi) is 5.76. The molecular weight excluding hydrogens is 336 g/mol. The van der Waals surface area contributed by atoms with Crippen molar-refractivity contribution in [2.75, 3.05) is 13.1 Å². The number of nitrogens with zero attached hydrogens (tertiary/aromatic N) is 3. The van der Waals surface area contributed by atoms with Crippen LogP contribution in [0.1, 0.15) is 48.8 Å². The van der Waals surface area contributed by atoms with E-state index in [0.29, 0.717) is 23.3 Å². The summed E-state index contributed by atoms with van der Waals surface area (Å²) in [5, 5.41) is 8.62. The molecule has 134 valence electrons. The van der Waals surface area contributed by atoms with Crippen LogP contribution in [-0.4, -0.2) is 39.7 Å². The molecule has 1 unspecified atom stereocenters. The van der Waals surface area contributed by atoms with Crippen molar-refractivity contribution in [1.82, 2.24) is 20.0 Å². The molecule has 1 fully saturated rings. The molecule has 1 saturated heterocycles. The van der Waals surface area contributed by atoms with Gasteiger partial charge in [0.25, 0.3) is 5.91 Å². The number of nitrogens with one attached hydrogen (secondary N) is 1. The third-order valence-electron chi connectivity index (χ3n) is 4.60. The highest BCUT2D eigenvalue weighted by Gasteiger charge is 2.23. The Bertz CT molecular complexity index is 722. The van der Waals surface area contributed by atoms with Gasteiger partial charge in [-0.05, 0) is 57.0 Å². The summed E-state index contributed by atoms with van der Waals surface area (Å²) in [6, 6.07) is 9.86. The molecule has 1 aromatic carbocycles. The molecule has 0 bridgehead atoms. The second-order valence-corrected chi connectivity index (χ2v) is 7.27. The third-order valence-corrected chi connectivity index (χ3v) is 4.83. The molecule has 6 heteroatoms. The van der Waals surface area contributed by atoms with Gasteiger partial charge >= 0.3 is 0 Å². The van der Waals surface area contributed by atoms with Crippen molar-refractivity contribution in [3.8, 4) is 0 Å². The summed E-state index contributed by atoms with van der Waals surface area (Å²) in [5.74, 6) is -0.0440. The van der Waals surface area contributed by atoms with E-state index >= 15 is 0 Å². The third kappa shape index (κ3) is 4.41. The van der Waals surface area contributed by atoms with Crippen molar-refractivity contribution >= 4 is 17.5 Å². The Morgan fingerprint density at radius 2 is 2.28 bits per heavy atom. The molecule has 5 nitrogen and oxygen atoms in total. The number of carbonyl (C=O) groups is 1. The quantitative estimate of drug-likeness (QED) is 0.887. The van der Waals surface area contributed by atoms with E-state index in [2.05, 4.69) is 10.4 Å². The second kappa shape index (κ2) is 8.02. The van der Waals surface area contributed by atoms with Crippen LogP contribution in [0, 0.1) is 0 Å². The van der Waals surface area contributed by atoms with Gasteiger partial charge in [-0.15, -0.1) is 0 Å². The predicted octanol–water partition coefficient (Wildman–Crippen LogP) is 3.51. The first kappa shape index (κ1) is 18.0. The van der Waals surface area contributed by atoms with E-state index in [1.54, 1.807) is 0 Å². The molecule has 0 aliphatic carbocycles. The van der Waals surface area contributed by atoms with E-state index in [0.717, 1.165) is 31.5 Å². The van der Waals surface area contributed by atoms with E-state index in [1.807, 2.05) is 60.0 Å². The Balaban J connectivity index is 1.75. The van der Waals surface area contributed by atoms with Gasteiger partial charge in [0.15, 0.2) is 0 Å². The Morgan fingerprint density at radius 1 is 1.44 bits per heavy atom. The lowest BCUT2D eigenvalue weighted by atomic mass is 10.1. The monoisotopic (exact) mass is 360 g/mol. The van der Waals surface area contributed by atoms with Gasteiger partial charge in [-0.3, -0.25) is 9.48 Å². The van der Waals surface area contributed by atoms with Gasteiger partial charge in [-0.25, -0.2) is 0 Å². The fraction of sp³-hybridized carbons (Fsp3) is 0.474. The first-order valence-electron chi connectivity index (χ1n) is 8.86. The molecule has 2 heterocycles. The van der Waals surface area contributed by atoms with Crippen molar-refractivity contribution in [3.63, 3.8) is 0 Å². The number of benzene rings is 1. The molecule has 3 rings (SSSR count). The molecule has 0 spiro atoms. The van der Waals surface area contributed by atoms with Gasteiger partial charge in [0.1, 0.15) is 5.69 Å². The molecule has 0 saturated carbocycles. The fourth-order valence-corrected chi connectivity index (χ4v) is 3.40. The summed E-state index contributed by atoms with van der Waals surface area (Å²) in [6.07, 6.45) is 4.15. The molecular formula is C19H25ClN4O. The number of hydrogen-bond acceptors (Lipinski definition) is 3. The molecule has 2 aromatic rings. The zero-order valence-electron chi connectivity index (χ0n) is 14.8. The van der Waals surface area contributed by atoms with E-state index in [4.69, 9.17) is 11.6 Å². The minimum atomic E-state index is -0.0440. The standard InChI is InChI=1S/C19H25ClN4O/c1-14(2)23(13-15-5-3-6-16(20)11-15)19(25)18-8-10-24(22-18)17-7-4-9-21-12-17/h3,5-6,8,10-11,14,17,21H,4,7,9,12-13H2,1-2H3. The Hall–Kier alpha value is -1.85. The highest BCUT2D eigenvalue weighted by molar-refractivity contribution is 6.30. The number of hydrogen-bond donors (Lipinski definition) is 1. The average molecular weight is 361 g/mol. The molecule has 0 radical (unpaired) electrons. The Labute approximate surface area is 154 Å². The topological polar surface area (TPSA) is 50.2 Å². The summed E-state index contributed by atoms with van der Waals surface area (Å²) < 4.78 is 1.93. The normalized spacial score (nSPS) is 17.7. The molecule has 1 aromatic heterocycles. The van der Waals surface area contributed by atoms with Crippen LogP contribution in [-0.2, 0) is 6.54 Å². The van der Waals surface area contributed by atoms with Crippen molar-refractivity contribution in [3.05, 3.63) is 52.8 Å².